The van der Waals surface area contributed by atoms with Crippen molar-refractivity contribution in [2.45, 2.75) is 13.5 Å². The number of aryl methyl sites for hydroxylation is 2. The van der Waals surface area contributed by atoms with Gasteiger partial charge in [-0.2, -0.15) is 5.10 Å². The molecule has 1 aromatic carbocycles. The summed E-state index contributed by atoms with van der Waals surface area (Å²) in [5, 5.41) is 4.23. The minimum atomic E-state index is -0.347. The fourth-order valence-electron chi connectivity index (χ4n) is 3.15. The minimum absolute atomic E-state index is 0.0123. The third kappa shape index (κ3) is 3.82. The highest BCUT2D eigenvalue weighted by Crippen LogP contribution is 2.19. The van der Waals surface area contributed by atoms with Crippen LogP contribution < -0.4 is 4.74 Å². The van der Waals surface area contributed by atoms with Crippen LogP contribution in [0.2, 0.25) is 0 Å². The maximum atomic E-state index is 13.8. The van der Waals surface area contributed by atoms with Crippen LogP contribution in [-0.2, 0) is 13.6 Å². The number of benzene rings is 1. The summed E-state index contributed by atoms with van der Waals surface area (Å²) in [6, 6.07) is 6.84. The molecule has 2 aromatic rings. The Morgan fingerprint density at radius 2 is 1.96 bits per heavy atom. The van der Waals surface area contributed by atoms with Crippen LogP contribution in [0.4, 0.5) is 4.39 Å². The van der Waals surface area contributed by atoms with Crippen molar-refractivity contribution in [2.24, 2.45) is 7.05 Å². The van der Waals surface area contributed by atoms with Gasteiger partial charge in [-0.3, -0.25) is 14.4 Å². The van der Waals surface area contributed by atoms with Crippen LogP contribution in [0.1, 0.15) is 21.7 Å². The normalized spacial score (nSPS) is 15.4. The third-order valence-corrected chi connectivity index (χ3v) is 4.50. The first-order valence-corrected chi connectivity index (χ1v) is 8.32. The number of aromatic nitrogens is 2. The van der Waals surface area contributed by atoms with Crippen molar-refractivity contribution in [3.63, 3.8) is 0 Å². The highest BCUT2D eigenvalue weighted by Gasteiger charge is 2.24. The minimum Gasteiger partial charge on any atom is -0.494 e. The number of hydrogen-bond donors (Lipinski definition) is 0. The molecule has 0 radical (unpaired) electrons. The summed E-state index contributed by atoms with van der Waals surface area (Å²) in [7, 11) is 3.24. The highest BCUT2D eigenvalue weighted by molar-refractivity contribution is 5.92. The number of rotatable bonds is 4. The summed E-state index contributed by atoms with van der Waals surface area (Å²) in [6.07, 6.45) is 0. The fraction of sp³-hybridized carbons (Fsp3) is 0.444. The largest absolute Gasteiger partial charge is 0.494 e. The zero-order valence-electron chi connectivity index (χ0n) is 14.8. The second-order valence-electron chi connectivity index (χ2n) is 6.33. The second kappa shape index (κ2) is 7.23. The SMILES string of the molecule is COc1ccc(CN2CCN(C(=O)c3cc(C)nn3C)CC2)cc1F. The van der Waals surface area contributed by atoms with E-state index in [1.54, 1.807) is 17.8 Å². The first-order valence-electron chi connectivity index (χ1n) is 8.32. The van der Waals surface area contributed by atoms with Gasteiger partial charge in [0, 0.05) is 39.8 Å². The number of nitrogens with zero attached hydrogens (tertiary/aromatic N) is 4. The van der Waals surface area contributed by atoms with Crippen molar-refractivity contribution >= 4 is 5.91 Å². The average Bonchev–Trinajstić information content (AvgIpc) is 2.93. The summed E-state index contributed by atoms with van der Waals surface area (Å²) in [5.74, 6) is -0.0794. The summed E-state index contributed by atoms with van der Waals surface area (Å²) >= 11 is 0. The van der Waals surface area contributed by atoms with Crippen LogP contribution in [0.5, 0.6) is 5.75 Å². The molecule has 1 saturated heterocycles. The quantitative estimate of drug-likeness (QED) is 0.848. The molecule has 1 fully saturated rings. The van der Waals surface area contributed by atoms with Crippen LogP contribution in [0, 0.1) is 12.7 Å². The van der Waals surface area contributed by atoms with Crippen LogP contribution in [-0.4, -0.2) is 58.8 Å². The van der Waals surface area contributed by atoms with Gasteiger partial charge in [0.1, 0.15) is 5.69 Å². The van der Waals surface area contributed by atoms with Gasteiger partial charge in [0.05, 0.1) is 12.8 Å². The van der Waals surface area contributed by atoms with Crippen molar-refractivity contribution < 1.29 is 13.9 Å². The lowest BCUT2D eigenvalue weighted by Crippen LogP contribution is -2.48. The number of piperazine rings is 1. The number of ether oxygens (including phenoxy) is 1. The number of carbonyl (C=O) groups excluding carboxylic acids is 1. The first-order chi connectivity index (χ1) is 12.0. The molecular weight excluding hydrogens is 323 g/mol. The standard InChI is InChI=1S/C18H23FN4O2/c1-13-10-16(21(2)20-13)18(24)23-8-6-22(7-9-23)12-14-4-5-17(25-3)15(19)11-14/h4-5,10-11H,6-9,12H2,1-3H3. The Kier molecular flexibility index (Phi) is 5.03. The van der Waals surface area contributed by atoms with E-state index in [0.29, 0.717) is 25.3 Å². The Balaban J connectivity index is 1.57. The number of carbonyl (C=O) groups is 1. The molecule has 1 amide bonds. The van der Waals surface area contributed by atoms with E-state index < -0.39 is 0 Å². The van der Waals surface area contributed by atoms with Crippen LogP contribution in [0.25, 0.3) is 0 Å². The Labute approximate surface area is 146 Å². The lowest BCUT2D eigenvalue weighted by atomic mass is 10.1. The van der Waals surface area contributed by atoms with Gasteiger partial charge in [-0.1, -0.05) is 6.07 Å². The second-order valence-corrected chi connectivity index (χ2v) is 6.33. The Morgan fingerprint density at radius 3 is 2.52 bits per heavy atom. The Hall–Kier alpha value is -2.41. The van der Waals surface area contributed by atoms with Crippen molar-refractivity contribution in [1.29, 1.82) is 0 Å². The summed E-state index contributed by atoms with van der Waals surface area (Å²) < 4.78 is 20.4. The molecule has 0 spiro atoms. The summed E-state index contributed by atoms with van der Waals surface area (Å²) in [4.78, 5) is 16.7. The number of hydrogen-bond acceptors (Lipinski definition) is 4. The smallest absolute Gasteiger partial charge is 0.272 e. The van der Waals surface area contributed by atoms with Crippen molar-refractivity contribution in [3.05, 3.63) is 47.0 Å². The summed E-state index contributed by atoms with van der Waals surface area (Å²) in [5.41, 5.74) is 2.36. The maximum Gasteiger partial charge on any atom is 0.272 e. The number of methoxy groups -OCH3 is 1. The van der Waals surface area contributed by atoms with E-state index in [2.05, 4.69) is 10.00 Å². The predicted octanol–water partition coefficient (Wildman–Crippen LogP) is 1.83. The van der Waals surface area contributed by atoms with Gasteiger partial charge < -0.3 is 9.64 Å². The lowest BCUT2D eigenvalue weighted by Gasteiger charge is -2.34. The van der Waals surface area contributed by atoms with Gasteiger partial charge in [-0.25, -0.2) is 4.39 Å². The molecule has 0 N–H and O–H groups in total. The van der Waals surface area contributed by atoms with Gasteiger partial charge >= 0.3 is 0 Å². The molecule has 1 aliphatic heterocycles. The third-order valence-electron chi connectivity index (χ3n) is 4.50. The number of amides is 1. The van der Waals surface area contributed by atoms with Crippen molar-refractivity contribution in [3.8, 4) is 5.75 Å². The highest BCUT2D eigenvalue weighted by atomic mass is 19.1. The molecule has 0 unspecified atom stereocenters. The fourth-order valence-corrected chi connectivity index (χ4v) is 3.15. The van der Waals surface area contributed by atoms with E-state index in [9.17, 15) is 9.18 Å². The predicted molar refractivity (Wildman–Crippen MR) is 92.1 cm³/mol. The molecule has 25 heavy (non-hydrogen) atoms. The molecule has 134 valence electrons. The monoisotopic (exact) mass is 346 g/mol. The molecule has 6 nitrogen and oxygen atoms in total. The number of halogens is 1. The van der Waals surface area contributed by atoms with Crippen LogP contribution in [0.3, 0.4) is 0 Å². The van der Waals surface area contributed by atoms with Crippen molar-refractivity contribution in [1.82, 2.24) is 19.6 Å². The zero-order valence-corrected chi connectivity index (χ0v) is 14.8. The van der Waals surface area contributed by atoms with Gasteiger partial charge in [0.15, 0.2) is 11.6 Å². The van der Waals surface area contributed by atoms with Crippen molar-refractivity contribution in [2.75, 3.05) is 33.3 Å². The van der Waals surface area contributed by atoms with E-state index in [4.69, 9.17) is 4.74 Å². The maximum absolute atomic E-state index is 13.8. The molecule has 7 heteroatoms. The van der Waals surface area contributed by atoms with E-state index >= 15 is 0 Å². The Bertz CT molecular complexity index is 766. The van der Waals surface area contributed by atoms with Gasteiger partial charge in [0.25, 0.3) is 5.91 Å². The van der Waals surface area contributed by atoms with Gasteiger partial charge in [0.2, 0.25) is 0 Å². The first kappa shape index (κ1) is 17.4. The molecule has 0 saturated carbocycles. The van der Waals surface area contributed by atoms with E-state index in [0.717, 1.165) is 24.3 Å². The molecule has 1 aliphatic rings. The zero-order chi connectivity index (χ0) is 18.0. The summed E-state index contributed by atoms with van der Waals surface area (Å²) in [6.45, 7) is 5.37. The van der Waals surface area contributed by atoms with Gasteiger partial charge in [-0.05, 0) is 30.7 Å². The van der Waals surface area contributed by atoms with E-state index in [1.165, 1.54) is 13.2 Å². The van der Waals surface area contributed by atoms with Gasteiger partial charge in [-0.15, -0.1) is 0 Å². The molecule has 1 aromatic heterocycles. The Morgan fingerprint density at radius 1 is 1.24 bits per heavy atom. The van der Waals surface area contributed by atoms with Crippen LogP contribution in [0.15, 0.2) is 24.3 Å². The molecular formula is C18H23FN4O2. The van der Waals surface area contributed by atoms with E-state index in [-0.39, 0.29) is 17.5 Å². The lowest BCUT2D eigenvalue weighted by molar-refractivity contribution is 0.0617. The van der Waals surface area contributed by atoms with Crippen LogP contribution >= 0.6 is 0 Å². The average molecular weight is 346 g/mol. The molecule has 3 rings (SSSR count). The molecule has 0 aliphatic carbocycles. The molecule has 0 atom stereocenters. The topological polar surface area (TPSA) is 50.6 Å². The molecule has 0 bridgehead atoms. The van der Waals surface area contributed by atoms with E-state index in [1.807, 2.05) is 24.0 Å². The molecule has 2 heterocycles.